The number of esters is 1. The number of carbonyl (C=O) groups is 4. The number of nitrogens with one attached hydrogen (secondary N) is 2. The summed E-state index contributed by atoms with van der Waals surface area (Å²) in [5, 5.41) is 20.7. The molecule has 0 radical (unpaired) electrons. The maximum atomic E-state index is 11.0. The van der Waals surface area contributed by atoms with Crippen molar-refractivity contribution in [3.63, 3.8) is 0 Å². The second kappa shape index (κ2) is 15.3. The Kier molecular flexibility index (Phi) is 15.6. The highest BCUT2D eigenvalue weighted by Gasteiger charge is 2.28. The third-order valence-electron chi connectivity index (χ3n) is 2.86. The van der Waals surface area contributed by atoms with Crippen molar-refractivity contribution in [2.45, 2.75) is 71.3 Å². The molecule has 0 aromatic carbocycles. The van der Waals surface area contributed by atoms with Crippen LogP contribution in [0.1, 0.15) is 39.5 Å². The molecule has 2 amide bonds. The number of amides is 2. The molecule has 9 nitrogen and oxygen atoms in total. The van der Waals surface area contributed by atoms with Crippen LogP contribution in [-0.2, 0) is 23.9 Å². The molecular weight excluding hydrogens is 408 g/mol. The smallest absolute Gasteiger partial charge is 0.328 e. The first kappa shape index (κ1) is 28.6. The summed E-state index contributed by atoms with van der Waals surface area (Å²) in [4.78, 5) is 42.1. The molecule has 2 aliphatic rings. The lowest BCUT2D eigenvalue weighted by molar-refractivity contribution is -0.146. The standard InChI is InChI=1S/C7H11NO3.C5H7NO3.C3H9ClSi.C2H6O/c1-2-11-7(10)5-3-4-6(9)8-5;7-4-2-1-3(6-4)5(8)9;1-5(2,3)4;1-2-3/h5H,2-4H2,1H3,(H,8,9);3H,1-2H2,(H,6,7)(H,8,9);1-3H3;3H,2H2,1H3. The third-order valence-corrected chi connectivity index (χ3v) is 2.86. The summed E-state index contributed by atoms with van der Waals surface area (Å²) in [5.74, 6) is -1.50. The van der Waals surface area contributed by atoms with Gasteiger partial charge in [-0.3, -0.25) is 9.59 Å². The van der Waals surface area contributed by atoms with Gasteiger partial charge in [-0.15, -0.1) is 0 Å². The van der Waals surface area contributed by atoms with Crippen LogP contribution in [0.5, 0.6) is 0 Å². The van der Waals surface area contributed by atoms with Gasteiger partial charge in [0.15, 0.2) is 0 Å². The molecule has 0 spiro atoms. The van der Waals surface area contributed by atoms with Crippen LogP contribution in [0.3, 0.4) is 0 Å². The van der Waals surface area contributed by atoms with Crippen molar-refractivity contribution in [2.24, 2.45) is 0 Å². The van der Waals surface area contributed by atoms with Crippen molar-refractivity contribution in [1.82, 2.24) is 10.6 Å². The van der Waals surface area contributed by atoms with Gasteiger partial charge in [-0.2, -0.15) is 11.1 Å². The van der Waals surface area contributed by atoms with E-state index in [0.29, 0.717) is 32.3 Å². The number of carboxylic acids is 1. The van der Waals surface area contributed by atoms with E-state index < -0.39 is 25.4 Å². The van der Waals surface area contributed by atoms with Crippen molar-refractivity contribution in [3.8, 4) is 0 Å². The van der Waals surface area contributed by atoms with Gasteiger partial charge >= 0.3 is 11.9 Å². The minimum absolute atomic E-state index is 0.0666. The van der Waals surface area contributed by atoms with E-state index in [9.17, 15) is 19.2 Å². The maximum absolute atomic E-state index is 11.0. The summed E-state index contributed by atoms with van der Waals surface area (Å²) < 4.78 is 4.72. The monoisotopic (exact) mass is 440 g/mol. The summed E-state index contributed by atoms with van der Waals surface area (Å²) in [7, 11) is -1.14. The van der Waals surface area contributed by atoms with Crippen molar-refractivity contribution >= 4 is 42.2 Å². The van der Waals surface area contributed by atoms with Gasteiger partial charge in [0.25, 0.3) is 0 Å². The molecule has 2 atom stereocenters. The Labute approximate surface area is 171 Å². The van der Waals surface area contributed by atoms with E-state index in [1.807, 2.05) is 0 Å². The summed E-state index contributed by atoms with van der Waals surface area (Å²) >= 11 is 5.67. The average molecular weight is 441 g/mol. The summed E-state index contributed by atoms with van der Waals surface area (Å²) in [6, 6.07) is -1.04. The van der Waals surface area contributed by atoms with Crippen molar-refractivity contribution < 1.29 is 34.1 Å². The zero-order valence-electron chi connectivity index (χ0n) is 17.2. The molecule has 0 saturated carbocycles. The number of carboxylic acid groups (broad SMARTS) is 1. The van der Waals surface area contributed by atoms with E-state index in [0.717, 1.165) is 0 Å². The van der Waals surface area contributed by atoms with Crippen LogP contribution in [0, 0.1) is 0 Å². The zero-order valence-corrected chi connectivity index (χ0v) is 19.0. The summed E-state index contributed by atoms with van der Waals surface area (Å²) in [6.07, 6.45) is 1.77. The predicted molar refractivity (Wildman–Crippen MR) is 109 cm³/mol. The van der Waals surface area contributed by atoms with Crippen LogP contribution in [0.4, 0.5) is 0 Å². The van der Waals surface area contributed by atoms with E-state index in [2.05, 4.69) is 30.3 Å². The topological polar surface area (TPSA) is 142 Å². The largest absolute Gasteiger partial charge is 0.480 e. The van der Waals surface area contributed by atoms with E-state index in [1.54, 1.807) is 13.8 Å². The number of aliphatic hydroxyl groups excluding tert-OH is 1. The molecule has 0 bridgehead atoms. The number of ether oxygens (including phenoxy) is 1. The summed E-state index contributed by atoms with van der Waals surface area (Å²) in [5.41, 5.74) is 0. The van der Waals surface area contributed by atoms with Gasteiger partial charge in [0.05, 0.1) is 6.61 Å². The van der Waals surface area contributed by atoms with E-state index >= 15 is 0 Å². The van der Waals surface area contributed by atoms with Crippen molar-refractivity contribution in [1.29, 1.82) is 0 Å². The fourth-order valence-electron chi connectivity index (χ4n) is 1.83. The molecule has 2 aliphatic heterocycles. The molecule has 2 rings (SSSR count). The normalized spacial score (nSPS) is 20.1. The van der Waals surface area contributed by atoms with Gasteiger partial charge in [0, 0.05) is 19.4 Å². The Morgan fingerprint density at radius 3 is 1.64 bits per heavy atom. The molecule has 2 fully saturated rings. The zero-order chi connectivity index (χ0) is 22.3. The molecule has 2 heterocycles. The van der Waals surface area contributed by atoms with Gasteiger partial charge in [-0.25, -0.2) is 9.59 Å². The molecule has 2 unspecified atom stereocenters. The molecule has 4 N–H and O–H groups in total. The van der Waals surface area contributed by atoms with Crippen LogP contribution in [0.25, 0.3) is 0 Å². The number of aliphatic carboxylic acids is 1. The second-order valence-corrected chi connectivity index (χ2v) is 14.3. The van der Waals surface area contributed by atoms with Crippen molar-refractivity contribution in [2.75, 3.05) is 13.2 Å². The van der Waals surface area contributed by atoms with Crippen LogP contribution in [0.15, 0.2) is 0 Å². The summed E-state index contributed by atoms with van der Waals surface area (Å²) in [6.45, 7) is 10.3. The Hall–Kier alpha value is -1.65. The Bertz CT molecular complexity index is 506. The van der Waals surface area contributed by atoms with E-state index in [1.165, 1.54) is 0 Å². The molecule has 0 aromatic heterocycles. The minimum atomic E-state index is -1.14. The van der Waals surface area contributed by atoms with Gasteiger partial charge in [0.2, 0.25) is 11.8 Å². The van der Waals surface area contributed by atoms with Gasteiger partial charge in [-0.05, 0) is 26.7 Å². The second-order valence-electron chi connectivity index (χ2n) is 6.79. The van der Waals surface area contributed by atoms with Crippen LogP contribution in [0.2, 0.25) is 19.6 Å². The minimum Gasteiger partial charge on any atom is -0.480 e. The average Bonchev–Trinajstić information content (AvgIpc) is 3.16. The lowest BCUT2D eigenvalue weighted by Crippen LogP contribution is -2.34. The molecule has 0 aliphatic carbocycles. The van der Waals surface area contributed by atoms with E-state index in [4.69, 9.17) is 26.0 Å². The Balaban J connectivity index is 0. The fraction of sp³-hybridized carbons (Fsp3) is 0.765. The highest BCUT2D eigenvalue weighted by molar-refractivity contribution is 7.18. The molecule has 2 saturated heterocycles. The lowest BCUT2D eigenvalue weighted by Gasteiger charge is -2.07. The molecule has 28 heavy (non-hydrogen) atoms. The Morgan fingerprint density at radius 2 is 1.43 bits per heavy atom. The van der Waals surface area contributed by atoms with Crippen molar-refractivity contribution in [3.05, 3.63) is 0 Å². The number of rotatable bonds is 3. The third kappa shape index (κ3) is 17.7. The molecule has 11 heteroatoms. The van der Waals surface area contributed by atoms with Crippen LogP contribution >= 0.6 is 11.1 Å². The van der Waals surface area contributed by atoms with Gasteiger partial charge in [0.1, 0.15) is 19.5 Å². The highest BCUT2D eigenvalue weighted by atomic mass is 35.6. The fourth-order valence-corrected chi connectivity index (χ4v) is 1.83. The first-order valence-corrected chi connectivity index (χ1v) is 13.6. The van der Waals surface area contributed by atoms with Crippen LogP contribution in [-0.4, -0.2) is 66.6 Å². The Morgan fingerprint density at radius 1 is 1.07 bits per heavy atom. The maximum Gasteiger partial charge on any atom is 0.328 e. The lowest BCUT2D eigenvalue weighted by atomic mass is 10.2. The highest BCUT2D eigenvalue weighted by Crippen LogP contribution is 2.07. The number of hydrogen-bond donors (Lipinski definition) is 4. The first-order valence-electron chi connectivity index (χ1n) is 9.13. The number of halogens is 1. The van der Waals surface area contributed by atoms with Gasteiger partial charge in [-0.1, -0.05) is 19.6 Å². The number of hydrogen-bond acceptors (Lipinski definition) is 6. The number of carbonyl (C=O) groups excluding carboxylic acids is 3. The molecule has 0 aromatic rings. The quantitative estimate of drug-likeness (QED) is 0.293. The number of aliphatic hydroxyl groups is 1. The van der Waals surface area contributed by atoms with E-state index in [-0.39, 0.29) is 24.4 Å². The molecule has 164 valence electrons. The first-order chi connectivity index (χ1) is 12.8. The van der Waals surface area contributed by atoms with Crippen LogP contribution < -0.4 is 10.6 Å². The van der Waals surface area contributed by atoms with Gasteiger partial charge < -0.3 is 25.6 Å². The molecular formula is C17H33ClN2O7Si. The SMILES string of the molecule is CCO.CCOC(=O)C1CCC(=O)N1.C[Si](C)(C)Cl.O=C1CCC(C(=O)O)N1. The predicted octanol–water partition coefficient (Wildman–Crippen LogP) is 1.24.